The molecule has 0 amide bonds. The molecule has 1 unspecified atom stereocenters. The van der Waals surface area contributed by atoms with Crippen LogP contribution in [0.25, 0.3) is 0 Å². The Kier molecular flexibility index (Phi) is 5.36. The van der Waals surface area contributed by atoms with E-state index in [-0.39, 0.29) is 5.54 Å². The van der Waals surface area contributed by atoms with Gasteiger partial charge in [0.05, 0.1) is 0 Å². The third-order valence-electron chi connectivity index (χ3n) is 5.78. The monoisotopic (exact) mass is 328 g/mol. The summed E-state index contributed by atoms with van der Waals surface area (Å²) in [4.78, 5) is 0. The molecule has 1 aromatic carbocycles. The first-order chi connectivity index (χ1) is 11.4. The van der Waals surface area contributed by atoms with E-state index in [0.717, 1.165) is 12.0 Å². The van der Waals surface area contributed by atoms with Crippen LogP contribution in [0.3, 0.4) is 0 Å². The SMILES string of the molecule is CCCC1(NC(C)(C)C)CCC(NC2C[C@@H]2c2ccccc2)CC1. The van der Waals surface area contributed by atoms with Crippen LogP contribution in [0.4, 0.5) is 0 Å². The molecular formula is C22H36N2. The maximum atomic E-state index is 3.97. The Labute approximate surface area is 148 Å². The predicted octanol–water partition coefficient (Wildman–Crippen LogP) is 5.00. The van der Waals surface area contributed by atoms with Crippen molar-refractivity contribution < 1.29 is 0 Å². The van der Waals surface area contributed by atoms with Crippen molar-refractivity contribution in [3.8, 4) is 0 Å². The zero-order valence-electron chi connectivity index (χ0n) is 16.1. The molecule has 1 aromatic rings. The van der Waals surface area contributed by atoms with E-state index in [9.17, 15) is 0 Å². The smallest absolute Gasteiger partial charge is 0.0187 e. The quantitative estimate of drug-likeness (QED) is 0.767. The highest BCUT2D eigenvalue weighted by molar-refractivity contribution is 5.27. The van der Waals surface area contributed by atoms with Gasteiger partial charge in [-0.1, -0.05) is 43.7 Å². The Morgan fingerprint density at radius 1 is 1.08 bits per heavy atom. The fraction of sp³-hybridized carbons (Fsp3) is 0.727. The van der Waals surface area contributed by atoms with E-state index in [1.54, 1.807) is 0 Å². The second kappa shape index (κ2) is 7.17. The molecule has 2 heteroatoms. The minimum atomic E-state index is 0.213. The van der Waals surface area contributed by atoms with Gasteiger partial charge in [0.25, 0.3) is 0 Å². The van der Waals surface area contributed by atoms with Crippen molar-refractivity contribution in [3.63, 3.8) is 0 Å². The summed E-state index contributed by atoms with van der Waals surface area (Å²) in [6.45, 7) is 9.25. The highest BCUT2D eigenvalue weighted by Crippen LogP contribution is 2.42. The maximum Gasteiger partial charge on any atom is 0.0187 e. The summed E-state index contributed by atoms with van der Waals surface area (Å²) in [5.41, 5.74) is 2.10. The van der Waals surface area contributed by atoms with Crippen LogP contribution < -0.4 is 10.6 Å². The summed E-state index contributed by atoms with van der Waals surface area (Å²) in [7, 11) is 0. The molecule has 2 nitrogen and oxygen atoms in total. The first kappa shape index (κ1) is 17.9. The molecule has 134 valence electrons. The average Bonchev–Trinajstić information content (AvgIpc) is 3.29. The van der Waals surface area contributed by atoms with E-state index in [1.807, 2.05) is 0 Å². The number of hydrogen-bond donors (Lipinski definition) is 2. The van der Waals surface area contributed by atoms with E-state index >= 15 is 0 Å². The van der Waals surface area contributed by atoms with Crippen LogP contribution in [0, 0.1) is 0 Å². The van der Waals surface area contributed by atoms with Crippen LogP contribution in [0.2, 0.25) is 0 Å². The molecule has 3 rings (SSSR count). The molecular weight excluding hydrogens is 292 g/mol. The van der Waals surface area contributed by atoms with E-state index in [1.165, 1.54) is 50.5 Å². The van der Waals surface area contributed by atoms with Gasteiger partial charge in [0.2, 0.25) is 0 Å². The number of benzene rings is 1. The summed E-state index contributed by atoms with van der Waals surface area (Å²) in [6.07, 6.45) is 9.19. The fourth-order valence-corrected chi connectivity index (χ4v) is 4.80. The molecule has 2 N–H and O–H groups in total. The highest BCUT2D eigenvalue weighted by atomic mass is 15.1. The van der Waals surface area contributed by atoms with E-state index in [2.05, 4.69) is 68.7 Å². The topological polar surface area (TPSA) is 24.1 Å². The van der Waals surface area contributed by atoms with E-state index in [0.29, 0.717) is 11.6 Å². The van der Waals surface area contributed by atoms with Crippen LogP contribution in [-0.2, 0) is 0 Å². The van der Waals surface area contributed by atoms with Gasteiger partial charge in [0, 0.05) is 29.1 Å². The standard InChI is InChI=1S/C22H36N2/c1-5-13-22(24-21(2,3)4)14-11-18(12-15-22)23-20-16-19(20)17-9-7-6-8-10-17/h6-10,18-20,23-24H,5,11-16H2,1-4H3/t18?,19-,20?,22?/m1/s1. The van der Waals surface area contributed by atoms with Gasteiger partial charge in [-0.2, -0.15) is 0 Å². The molecule has 24 heavy (non-hydrogen) atoms. The van der Waals surface area contributed by atoms with Gasteiger partial charge in [-0.25, -0.2) is 0 Å². The molecule has 2 fully saturated rings. The molecule has 0 saturated heterocycles. The third-order valence-corrected chi connectivity index (χ3v) is 5.78. The van der Waals surface area contributed by atoms with Crippen molar-refractivity contribution >= 4 is 0 Å². The Bertz CT molecular complexity index is 509. The lowest BCUT2D eigenvalue weighted by Crippen LogP contribution is -2.57. The molecule has 0 radical (unpaired) electrons. The summed E-state index contributed by atoms with van der Waals surface area (Å²) < 4.78 is 0. The van der Waals surface area contributed by atoms with Gasteiger partial charge >= 0.3 is 0 Å². The molecule has 2 aliphatic carbocycles. The van der Waals surface area contributed by atoms with Crippen molar-refractivity contribution in [1.29, 1.82) is 0 Å². The van der Waals surface area contributed by atoms with Gasteiger partial charge in [0.15, 0.2) is 0 Å². The molecule has 2 aliphatic rings. The third kappa shape index (κ3) is 4.61. The maximum absolute atomic E-state index is 3.97. The van der Waals surface area contributed by atoms with Crippen LogP contribution in [0.5, 0.6) is 0 Å². The lowest BCUT2D eigenvalue weighted by atomic mass is 9.75. The normalized spacial score (nSPS) is 33.4. The molecule has 2 saturated carbocycles. The molecule has 0 aromatic heterocycles. The van der Waals surface area contributed by atoms with Crippen molar-refractivity contribution in [1.82, 2.24) is 10.6 Å². The zero-order chi connectivity index (χ0) is 17.2. The second-order valence-electron chi connectivity index (χ2n) is 9.21. The fourth-order valence-electron chi connectivity index (χ4n) is 4.80. The van der Waals surface area contributed by atoms with Gasteiger partial charge in [-0.3, -0.25) is 0 Å². The Morgan fingerprint density at radius 2 is 1.75 bits per heavy atom. The van der Waals surface area contributed by atoms with Gasteiger partial charge < -0.3 is 10.6 Å². The van der Waals surface area contributed by atoms with Crippen molar-refractivity contribution in [2.24, 2.45) is 0 Å². The molecule has 0 bridgehead atoms. The predicted molar refractivity (Wildman–Crippen MR) is 104 cm³/mol. The first-order valence-corrected chi connectivity index (χ1v) is 10.0. The van der Waals surface area contributed by atoms with Crippen LogP contribution in [-0.4, -0.2) is 23.2 Å². The van der Waals surface area contributed by atoms with Gasteiger partial charge in [-0.15, -0.1) is 0 Å². The summed E-state index contributed by atoms with van der Waals surface area (Å²) in [5, 5.41) is 7.93. The van der Waals surface area contributed by atoms with Crippen LogP contribution in [0.1, 0.15) is 84.1 Å². The average molecular weight is 329 g/mol. The Morgan fingerprint density at radius 3 is 2.33 bits per heavy atom. The van der Waals surface area contributed by atoms with Gasteiger partial charge in [-0.05, 0) is 64.9 Å². The molecule has 2 atom stereocenters. The lowest BCUT2D eigenvalue weighted by Gasteiger charge is -2.45. The summed E-state index contributed by atoms with van der Waals surface area (Å²) in [5.74, 6) is 0.751. The zero-order valence-corrected chi connectivity index (χ0v) is 16.1. The minimum absolute atomic E-state index is 0.213. The van der Waals surface area contributed by atoms with Crippen molar-refractivity contribution in [2.45, 2.75) is 102 Å². The lowest BCUT2D eigenvalue weighted by molar-refractivity contribution is 0.148. The van der Waals surface area contributed by atoms with Crippen LogP contribution >= 0.6 is 0 Å². The molecule has 0 spiro atoms. The van der Waals surface area contributed by atoms with Crippen molar-refractivity contribution in [3.05, 3.63) is 35.9 Å². The second-order valence-corrected chi connectivity index (χ2v) is 9.21. The van der Waals surface area contributed by atoms with E-state index in [4.69, 9.17) is 0 Å². The minimum Gasteiger partial charge on any atom is -0.311 e. The largest absolute Gasteiger partial charge is 0.311 e. The number of nitrogens with one attached hydrogen (secondary N) is 2. The summed E-state index contributed by atoms with van der Waals surface area (Å²) >= 11 is 0. The Hall–Kier alpha value is -0.860. The Balaban J connectivity index is 1.50. The van der Waals surface area contributed by atoms with Crippen LogP contribution in [0.15, 0.2) is 30.3 Å². The highest BCUT2D eigenvalue weighted by Gasteiger charge is 2.42. The number of rotatable bonds is 6. The summed E-state index contributed by atoms with van der Waals surface area (Å²) in [6, 6.07) is 12.5. The molecule has 0 heterocycles. The van der Waals surface area contributed by atoms with Gasteiger partial charge in [0.1, 0.15) is 0 Å². The number of hydrogen-bond acceptors (Lipinski definition) is 2. The first-order valence-electron chi connectivity index (χ1n) is 10.0. The van der Waals surface area contributed by atoms with Crippen molar-refractivity contribution in [2.75, 3.05) is 0 Å². The molecule has 0 aliphatic heterocycles. The van der Waals surface area contributed by atoms with E-state index < -0.39 is 0 Å².